The molecule has 2 heterocycles. The highest BCUT2D eigenvalue weighted by Crippen LogP contribution is 2.58. The second-order valence-electron chi connectivity index (χ2n) is 8.38. The third-order valence-electron chi connectivity index (χ3n) is 6.32. The molecule has 1 unspecified atom stereocenters. The molecular formula is C24H22F3N3O3. The first-order valence-corrected chi connectivity index (χ1v) is 10.7. The Hall–Kier alpha value is -3.33. The van der Waals surface area contributed by atoms with Crippen molar-refractivity contribution in [1.82, 2.24) is 14.7 Å². The Morgan fingerprint density at radius 3 is 2.64 bits per heavy atom. The number of nitrogens with zero attached hydrogens (tertiary/aromatic N) is 3. The van der Waals surface area contributed by atoms with Crippen LogP contribution in [-0.4, -0.2) is 51.6 Å². The molecule has 1 aliphatic carbocycles. The molecule has 6 nitrogen and oxygen atoms in total. The van der Waals surface area contributed by atoms with Crippen LogP contribution in [0.2, 0.25) is 0 Å². The Balaban J connectivity index is 1.62. The molecule has 0 saturated carbocycles. The summed E-state index contributed by atoms with van der Waals surface area (Å²) in [4.78, 5) is 13.5. The van der Waals surface area contributed by atoms with Gasteiger partial charge in [0.25, 0.3) is 0 Å². The van der Waals surface area contributed by atoms with E-state index >= 15 is 0 Å². The summed E-state index contributed by atoms with van der Waals surface area (Å²) < 4.78 is 50.3. The zero-order valence-electron chi connectivity index (χ0n) is 17.9. The smallest absolute Gasteiger partial charge is 0.425 e. The van der Waals surface area contributed by atoms with Crippen molar-refractivity contribution in [2.75, 3.05) is 19.7 Å². The van der Waals surface area contributed by atoms with E-state index in [0.29, 0.717) is 41.8 Å². The number of hydrogen-bond acceptors (Lipinski definition) is 4. The molecule has 0 spiro atoms. The van der Waals surface area contributed by atoms with E-state index in [1.807, 2.05) is 0 Å². The quantitative estimate of drug-likeness (QED) is 0.632. The van der Waals surface area contributed by atoms with E-state index in [1.165, 1.54) is 18.2 Å². The molecular weight excluding hydrogens is 435 g/mol. The number of hydrogen-bond donors (Lipinski definition) is 1. The Kier molecular flexibility index (Phi) is 4.97. The number of alkyl halides is 3. The molecule has 33 heavy (non-hydrogen) atoms. The highest BCUT2D eigenvalue weighted by atomic mass is 19.4. The van der Waals surface area contributed by atoms with Gasteiger partial charge >= 0.3 is 6.18 Å². The molecule has 5 rings (SSSR count). The summed E-state index contributed by atoms with van der Waals surface area (Å²) in [5.41, 5.74) is -1.93. The lowest BCUT2D eigenvalue weighted by Gasteiger charge is -2.29. The lowest BCUT2D eigenvalue weighted by Crippen LogP contribution is -2.41. The lowest BCUT2D eigenvalue weighted by molar-refractivity contribution is -0.246. The van der Waals surface area contributed by atoms with Gasteiger partial charge in [-0.15, -0.1) is 0 Å². The highest BCUT2D eigenvalue weighted by molar-refractivity contribution is 5.93. The van der Waals surface area contributed by atoms with Crippen molar-refractivity contribution in [3.8, 4) is 28.0 Å². The summed E-state index contributed by atoms with van der Waals surface area (Å²) in [5.74, 6) is 0.236. The number of ether oxygens (including phenoxy) is 1. The molecule has 0 radical (unpaired) electrons. The fourth-order valence-electron chi connectivity index (χ4n) is 4.74. The van der Waals surface area contributed by atoms with Gasteiger partial charge in [-0.3, -0.25) is 9.48 Å². The lowest BCUT2D eigenvalue weighted by atomic mass is 9.89. The van der Waals surface area contributed by atoms with E-state index in [9.17, 15) is 23.1 Å². The van der Waals surface area contributed by atoms with E-state index in [-0.39, 0.29) is 29.4 Å². The van der Waals surface area contributed by atoms with Gasteiger partial charge in [0.1, 0.15) is 12.4 Å². The zero-order chi connectivity index (χ0) is 23.4. The van der Waals surface area contributed by atoms with Crippen LogP contribution in [0.1, 0.15) is 24.0 Å². The van der Waals surface area contributed by atoms with Gasteiger partial charge in [0.15, 0.2) is 0 Å². The maximum atomic E-state index is 14.3. The number of aryl methyl sites for hydroxylation is 1. The number of aliphatic hydroxyl groups is 1. The molecule has 1 N–H and O–H groups in total. The number of amides is 1. The van der Waals surface area contributed by atoms with Gasteiger partial charge in [-0.2, -0.15) is 18.3 Å². The van der Waals surface area contributed by atoms with Gasteiger partial charge in [0, 0.05) is 42.9 Å². The zero-order valence-corrected chi connectivity index (χ0v) is 17.9. The number of rotatable bonds is 5. The molecule has 1 saturated heterocycles. The van der Waals surface area contributed by atoms with Crippen molar-refractivity contribution < 1.29 is 27.8 Å². The van der Waals surface area contributed by atoms with Crippen molar-refractivity contribution in [3.63, 3.8) is 0 Å². The number of likely N-dealkylation sites (tertiary alicyclic amines) is 1. The molecule has 3 aromatic rings. The molecule has 1 aromatic heterocycles. The Morgan fingerprint density at radius 1 is 1.18 bits per heavy atom. The number of fused-ring (bicyclic) bond motifs is 3. The van der Waals surface area contributed by atoms with Crippen LogP contribution < -0.4 is 4.74 Å². The van der Waals surface area contributed by atoms with Crippen LogP contribution in [0.15, 0.2) is 48.8 Å². The van der Waals surface area contributed by atoms with Crippen molar-refractivity contribution in [3.05, 3.63) is 59.9 Å². The average molecular weight is 457 g/mol. The van der Waals surface area contributed by atoms with E-state index < -0.39 is 11.8 Å². The van der Waals surface area contributed by atoms with Gasteiger partial charge in [-0.25, -0.2) is 0 Å². The topological polar surface area (TPSA) is 67.6 Å². The van der Waals surface area contributed by atoms with E-state index in [4.69, 9.17) is 4.74 Å². The third kappa shape index (κ3) is 3.38. The molecule has 9 heteroatoms. The van der Waals surface area contributed by atoms with Crippen molar-refractivity contribution in [2.24, 2.45) is 7.05 Å². The summed E-state index contributed by atoms with van der Waals surface area (Å²) >= 11 is 0. The monoisotopic (exact) mass is 457 g/mol. The van der Waals surface area contributed by atoms with Crippen LogP contribution in [-0.2, 0) is 17.4 Å². The number of carbonyl (C=O) groups is 1. The first kappa shape index (κ1) is 21.5. The Labute approximate surface area is 188 Å². The van der Waals surface area contributed by atoms with Crippen LogP contribution >= 0.6 is 0 Å². The van der Waals surface area contributed by atoms with E-state index in [1.54, 1.807) is 47.2 Å². The largest absolute Gasteiger partial charge is 0.492 e. The predicted molar refractivity (Wildman–Crippen MR) is 114 cm³/mol. The van der Waals surface area contributed by atoms with Crippen LogP contribution in [0.25, 0.3) is 22.3 Å². The van der Waals surface area contributed by atoms with Crippen LogP contribution in [0.3, 0.4) is 0 Å². The van der Waals surface area contributed by atoms with Gasteiger partial charge in [-0.05, 0) is 35.2 Å². The fourth-order valence-corrected chi connectivity index (χ4v) is 4.74. The third-order valence-corrected chi connectivity index (χ3v) is 6.32. The number of aromatic nitrogens is 2. The summed E-state index contributed by atoms with van der Waals surface area (Å²) in [6.45, 7) is 1.13. The standard InChI is InChI=1S/C24H22F3N3O3/c1-29-14-15(13-28-29)18-11-16(33-10-9-30-8-4-7-21(30)31)12-20-22(18)17-5-2-3-6-19(17)23(20,32)24(25,26)27/h2-3,5-6,11-14,32H,4,7-10H2,1H3. The van der Waals surface area contributed by atoms with Crippen LogP contribution in [0, 0.1) is 0 Å². The minimum Gasteiger partial charge on any atom is -0.492 e. The molecule has 1 amide bonds. The number of halogens is 3. The highest BCUT2D eigenvalue weighted by Gasteiger charge is 2.61. The van der Waals surface area contributed by atoms with Crippen molar-refractivity contribution in [2.45, 2.75) is 24.6 Å². The number of benzene rings is 2. The first-order chi connectivity index (χ1) is 15.7. The van der Waals surface area contributed by atoms with Crippen LogP contribution in [0.4, 0.5) is 13.2 Å². The molecule has 0 bridgehead atoms. The van der Waals surface area contributed by atoms with Crippen LogP contribution in [0.5, 0.6) is 5.75 Å². The van der Waals surface area contributed by atoms with Crippen molar-refractivity contribution >= 4 is 5.91 Å². The molecule has 172 valence electrons. The van der Waals surface area contributed by atoms with E-state index in [0.717, 1.165) is 6.42 Å². The summed E-state index contributed by atoms with van der Waals surface area (Å²) in [6.07, 6.45) is -0.381. The molecule has 2 aromatic carbocycles. The van der Waals surface area contributed by atoms with Crippen molar-refractivity contribution in [1.29, 1.82) is 0 Å². The second-order valence-corrected chi connectivity index (χ2v) is 8.38. The minimum atomic E-state index is -4.94. The fraction of sp³-hybridized carbons (Fsp3) is 0.333. The predicted octanol–water partition coefficient (Wildman–Crippen LogP) is 3.87. The Bertz CT molecular complexity index is 1240. The summed E-state index contributed by atoms with van der Waals surface area (Å²) in [6, 6.07) is 8.94. The first-order valence-electron chi connectivity index (χ1n) is 10.7. The maximum absolute atomic E-state index is 14.3. The van der Waals surface area contributed by atoms with Gasteiger partial charge < -0.3 is 14.7 Å². The van der Waals surface area contributed by atoms with Gasteiger partial charge in [-0.1, -0.05) is 24.3 Å². The SMILES string of the molecule is Cn1cc(-c2cc(OCCN3CCCC3=O)cc3c2-c2ccccc2C3(O)C(F)(F)F)cn1. The van der Waals surface area contributed by atoms with Gasteiger partial charge in [0.05, 0.1) is 12.7 Å². The number of carbonyl (C=O) groups excluding carboxylic acids is 1. The molecule has 1 atom stereocenters. The molecule has 1 fully saturated rings. The Morgan fingerprint density at radius 2 is 1.97 bits per heavy atom. The average Bonchev–Trinajstić information content (AvgIpc) is 3.46. The summed E-state index contributed by atoms with van der Waals surface area (Å²) in [5, 5.41) is 15.3. The minimum absolute atomic E-state index is 0.0468. The van der Waals surface area contributed by atoms with E-state index in [2.05, 4.69) is 5.10 Å². The van der Waals surface area contributed by atoms with Gasteiger partial charge in [0.2, 0.25) is 11.5 Å². The summed E-state index contributed by atoms with van der Waals surface area (Å²) in [7, 11) is 1.72. The molecule has 1 aliphatic heterocycles. The maximum Gasteiger partial charge on any atom is 0.425 e. The molecule has 2 aliphatic rings. The normalized spacial score (nSPS) is 19.7. The second kappa shape index (κ2) is 7.62.